The zero-order valence-corrected chi connectivity index (χ0v) is 22.0. The molecule has 1 aliphatic rings. The van der Waals surface area contributed by atoms with Crippen LogP contribution in [0.4, 0.5) is 11.4 Å². The van der Waals surface area contributed by atoms with Crippen molar-refractivity contribution in [3.63, 3.8) is 0 Å². The molecule has 0 bridgehead atoms. The highest BCUT2D eigenvalue weighted by atomic mass is 16.2. The van der Waals surface area contributed by atoms with E-state index in [0.29, 0.717) is 23.5 Å². The van der Waals surface area contributed by atoms with Gasteiger partial charge < -0.3 is 21.3 Å². The van der Waals surface area contributed by atoms with Gasteiger partial charge in [0.15, 0.2) is 0 Å². The number of benzene rings is 2. The number of hydrogen-bond donors (Lipinski definition) is 4. The smallest absolute Gasteiger partial charge is 0.278 e. The Morgan fingerprint density at radius 3 is 2.59 bits per heavy atom. The highest BCUT2D eigenvalue weighted by molar-refractivity contribution is 5.99. The van der Waals surface area contributed by atoms with Crippen LogP contribution in [-0.4, -0.2) is 40.4 Å². The number of likely N-dealkylation sites (N-methyl/N-ethyl adjacent to an activating group) is 1. The van der Waals surface area contributed by atoms with Gasteiger partial charge in [-0.05, 0) is 56.5 Å². The van der Waals surface area contributed by atoms with Gasteiger partial charge in [0.25, 0.3) is 5.56 Å². The predicted octanol–water partition coefficient (Wildman–Crippen LogP) is 2.78. The van der Waals surface area contributed by atoms with E-state index >= 15 is 0 Å². The zero-order chi connectivity index (χ0) is 27.9. The van der Waals surface area contributed by atoms with Gasteiger partial charge in [-0.15, -0.1) is 0 Å². The summed E-state index contributed by atoms with van der Waals surface area (Å²) in [5.41, 5.74) is 2.70. The molecule has 1 heterocycles. The summed E-state index contributed by atoms with van der Waals surface area (Å²) in [4.78, 5) is 55.6. The Bertz CT molecular complexity index is 1450. The van der Waals surface area contributed by atoms with Crippen molar-refractivity contribution in [1.82, 2.24) is 20.2 Å². The van der Waals surface area contributed by atoms with Crippen molar-refractivity contribution in [1.29, 1.82) is 0 Å². The summed E-state index contributed by atoms with van der Waals surface area (Å²) in [6.45, 7) is 4.88. The van der Waals surface area contributed by atoms with E-state index in [1.54, 1.807) is 26.1 Å². The molecule has 10 heteroatoms. The van der Waals surface area contributed by atoms with Crippen LogP contribution in [0.5, 0.6) is 0 Å². The lowest BCUT2D eigenvalue weighted by Crippen LogP contribution is -2.40. The zero-order valence-electron chi connectivity index (χ0n) is 22.0. The second-order valence-corrected chi connectivity index (χ2v) is 9.33. The minimum Gasteiger partial charge on any atom is -0.348 e. The fourth-order valence-corrected chi connectivity index (χ4v) is 4.60. The fraction of sp³-hybridized carbons (Fsp3) is 0.276. The van der Waals surface area contributed by atoms with Gasteiger partial charge in [0, 0.05) is 11.3 Å². The number of carbonyl (C=O) groups excluding carboxylic acids is 3. The van der Waals surface area contributed by atoms with Crippen molar-refractivity contribution >= 4 is 29.1 Å². The van der Waals surface area contributed by atoms with Crippen LogP contribution in [0.1, 0.15) is 36.9 Å². The molecule has 3 amide bonds. The number of amides is 3. The van der Waals surface area contributed by atoms with E-state index in [1.165, 1.54) is 16.8 Å². The minimum atomic E-state index is -0.533. The third-order valence-corrected chi connectivity index (χ3v) is 6.75. The molecular weight excluding hydrogens is 496 g/mol. The highest BCUT2D eigenvalue weighted by Gasteiger charge is 2.25. The minimum absolute atomic E-state index is 0.0137. The molecule has 0 saturated heterocycles. The van der Waals surface area contributed by atoms with Crippen LogP contribution in [0.3, 0.4) is 0 Å². The van der Waals surface area contributed by atoms with Gasteiger partial charge in [-0.2, -0.15) is 0 Å². The molecule has 2 atom stereocenters. The van der Waals surface area contributed by atoms with Gasteiger partial charge in [-0.3, -0.25) is 23.7 Å². The first-order valence-corrected chi connectivity index (χ1v) is 12.8. The lowest BCUT2D eigenvalue weighted by molar-refractivity contribution is -0.122. The van der Waals surface area contributed by atoms with Gasteiger partial charge in [0.2, 0.25) is 17.7 Å². The largest absolute Gasteiger partial charge is 0.348 e. The Morgan fingerprint density at radius 1 is 1.10 bits per heavy atom. The van der Waals surface area contributed by atoms with Gasteiger partial charge in [0.05, 0.1) is 18.3 Å². The molecule has 1 aromatic heterocycles. The first-order valence-electron chi connectivity index (χ1n) is 12.8. The van der Waals surface area contributed by atoms with Crippen LogP contribution in [0, 0.1) is 0 Å². The molecule has 0 spiro atoms. The van der Waals surface area contributed by atoms with E-state index in [0.717, 1.165) is 24.0 Å². The summed E-state index contributed by atoms with van der Waals surface area (Å²) in [6.07, 6.45) is 4.84. The van der Waals surface area contributed by atoms with E-state index in [1.807, 2.05) is 36.4 Å². The van der Waals surface area contributed by atoms with E-state index in [4.69, 9.17) is 0 Å². The molecule has 202 valence electrons. The van der Waals surface area contributed by atoms with Crippen LogP contribution in [0.15, 0.2) is 72.2 Å². The Kier molecular flexibility index (Phi) is 8.67. The summed E-state index contributed by atoms with van der Waals surface area (Å²) >= 11 is 0. The van der Waals surface area contributed by atoms with Crippen molar-refractivity contribution in [2.45, 2.75) is 44.8 Å². The quantitative estimate of drug-likeness (QED) is 0.316. The summed E-state index contributed by atoms with van der Waals surface area (Å²) in [5.74, 6) is -0.751. The molecule has 39 heavy (non-hydrogen) atoms. The van der Waals surface area contributed by atoms with Crippen molar-refractivity contribution in [2.75, 3.05) is 17.7 Å². The molecule has 0 radical (unpaired) electrons. The number of nitrogens with one attached hydrogen (secondary N) is 4. The van der Waals surface area contributed by atoms with Gasteiger partial charge in [0.1, 0.15) is 18.1 Å². The molecule has 4 rings (SSSR count). The highest BCUT2D eigenvalue weighted by Crippen LogP contribution is 2.34. The van der Waals surface area contributed by atoms with Gasteiger partial charge >= 0.3 is 0 Å². The summed E-state index contributed by atoms with van der Waals surface area (Å²) in [5, 5.41) is 11.3. The van der Waals surface area contributed by atoms with Crippen molar-refractivity contribution in [2.24, 2.45) is 0 Å². The maximum Gasteiger partial charge on any atom is 0.278 e. The normalized spacial score (nSPS) is 15.0. The molecule has 0 fully saturated rings. The molecule has 1 unspecified atom stereocenters. The maximum absolute atomic E-state index is 13.5. The van der Waals surface area contributed by atoms with Crippen LogP contribution in [0.25, 0.3) is 11.4 Å². The Labute approximate surface area is 226 Å². The Morgan fingerprint density at radius 2 is 1.87 bits per heavy atom. The molecule has 0 saturated carbocycles. The average molecular weight is 529 g/mol. The fourth-order valence-electron chi connectivity index (χ4n) is 4.60. The second-order valence-electron chi connectivity index (χ2n) is 9.33. The third kappa shape index (κ3) is 6.29. The lowest BCUT2D eigenvalue weighted by atomic mass is 9.86. The van der Waals surface area contributed by atoms with E-state index < -0.39 is 17.5 Å². The molecule has 2 aromatic carbocycles. The second kappa shape index (κ2) is 12.3. The lowest BCUT2D eigenvalue weighted by Gasteiger charge is -2.28. The first kappa shape index (κ1) is 27.5. The number of aromatic nitrogens is 2. The molecule has 10 nitrogen and oxygen atoms in total. The summed E-state index contributed by atoms with van der Waals surface area (Å²) in [6, 6.07) is 13.9. The molecule has 0 aliphatic heterocycles. The van der Waals surface area contributed by atoms with Gasteiger partial charge in [-0.1, -0.05) is 49.0 Å². The summed E-state index contributed by atoms with van der Waals surface area (Å²) < 4.78 is 1.27. The van der Waals surface area contributed by atoms with Gasteiger partial charge in [-0.25, -0.2) is 4.98 Å². The van der Waals surface area contributed by atoms with E-state index in [9.17, 15) is 19.2 Å². The number of rotatable bonds is 9. The van der Waals surface area contributed by atoms with Crippen molar-refractivity contribution in [3.05, 3.63) is 88.9 Å². The van der Waals surface area contributed by atoms with E-state index in [2.05, 4.69) is 32.8 Å². The number of anilines is 2. The maximum atomic E-state index is 13.5. The monoisotopic (exact) mass is 528 g/mol. The van der Waals surface area contributed by atoms with Crippen LogP contribution in [-0.2, 0) is 27.3 Å². The number of fused-ring (bicyclic) bond motifs is 1. The number of hydrogen-bond acceptors (Lipinski definition) is 6. The third-order valence-electron chi connectivity index (χ3n) is 6.75. The molecule has 3 aromatic rings. The van der Waals surface area contributed by atoms with Crippen LogP contribution >= 0.6 is 0 Å². The Balaban J connectivity index is 1.62. The first-order chi connectivity index (χ1) is 18.8. The van der Waals surface area contributed by atoms with E-state index in [-0.39, 0.29) is 30.1 Å². The number of carbonyl (C=O) groups is 3. The summed E-state index contributed by atoms with van der Waals surface area (Å²) in [7, 11) is 1.64. The van der Waals surface area contributed by atoms with Crippen molar-refractivity contribution in [3.8, 4) is 11.4 Å². The molecule has 4 N–H and O–H groups in total. The van der Waals surface area contributed by atoms with Crippen molar-refractivity contribution < 1.29 is 14.4 Å². The molecule has 1 aliphatic carbocycles. The Hall–Kier alpha value is -4.57. The standard InChI is InChI=1S/C29H32N6O4/c1-4-25(36)32-22-14-8-13-21-20(22)12-9-15-23(21)33-26(37)17-35-27(19-10-6-5-7-11-19)31-16-24(29(35)39)34-28(38)18(2)30-3/h4-8,10-11,13-14,16,18,23,30H,1,9,12,15,17H2,2-3H3,(H,32,36)(H,33,37)(H,34,38)/t18-,23?/m0/s1. The van der Waals surface area contributed by atoms with Crippen LogP contribution < -0.4 is 26.8 Å². The SMILES string of the molecule is C=CC(=O)Nc1cccc2c1CCCC2NC(=O)Cn1c(-c2ccccc2)ncc(NC(=O)[C@H](C)NC)c1=O. The molecular formula is C29H32N6O4. The predicted molar refractivity (Wildman–Crippen MR) is 150 cm³/mol. The topological polar surface area (TPSA) is 134 Å². The average Bonchev–Trinajstić information content (AvgIpc) is 2.95. The van der Waals surface area contributed by atoms with Crippen LogP contribution in [0.2, 0.25) is 0 Å². The number of nitrogens with zero attached hydrogens (tertiary/aromatic N) is 2.